The van der Waals surface area contributed by atoms with Crippen LogP contribution in [-0.2, 0) is 0 Å². The third-order valence-corrected chi connectivity index (χ3v) is 4.85. The number of halogens is 2. The van der Waals surface area contributed by atoms with Crippen molar-refractivity contribution < 1.29 is 4.79 Å². The lowest BCUT2D eigenvalue weighted by atomic mass is 9.82. The van der Waals surface area contributed by atoms with Gasteiger partial charge in [-0.15, -0.1) is 11.3 Å². The number of thiophene rings is 1. The van der Waals surface area contributed by atoms with Gasteiger partial charge in [-0.2, -0.15) is 0 Å². The fraction of sp³-hybridized carbons (Fsp3) is 0.444. The molecule has 1 heterocycles. The standard InChI is InChI=1S/C9H8BrClOS/c10-6-4-7(13-9(6)11)8(12)5-2-1-3-5/h4-5H,1-3H2. The first-order chi connectivity index (χ1) is 6.18. The second kappa shape index (κ2) is 3.71. The third-order valence-electron chi connectivity index (χ3n) is 2.36. The molecule has 1 aliphatic carbocycles. The summed E-state index contributed by atoms with van der Waals surface area (Å²) in [5, 5.41) is 0. The van der Waals surface area contributed by atoms with Crippen LogP contribution < -0.4 is 0 Å². The van der Waals surface area contributed by atoms with Crippen LogP contribution in [0, 0.1) is 5.92 Å². The van der Waals surface area contributed by atoms with E-state index in [1.807, 2.05) is 6.07 Å². The maximum absolute atomic E-state index is 11.7. The highest BCUT2D eigenvalue weighted by Gasteiger charge is 2.27. The van der Waals surface area contributed by atoms with Gasteiger partial charge in [-0.05, 0) is 34.8 Å². The first-order valence-corrected chi connectivity index (χ1v) is 6.16. The largest absolute Gasteiger partial charge is 0.293 e. The Labute approximate surface area is 94.2 Å². The number of hydrogen-bond donors (Lipinski definition) is 0. The van der Waals surface area contributed by atoms with Crippen LogP contribution in [0.1, 0.15) is 28.9 Å². The fourth-order valence-electron chi connectivity index (χ4n) is 1.34. The molecule has 0 saturated heterocycles. The molecule has 1 aliphatic rings. The summed E-state index contributed by atoms with van der Waals surface area (Å²) in [5.74, 6) is 0.533. The van der Waals surface area contributed by atoms with Gasteiger partial charge in [-0.1, -0.05) is 18.0 Å². The van der Waals surface area contributed by atoms with E-state index in [1.54, 1.807) is 0 Å². The molecule has 0 N–H and O–H groups in total. The zero-order valence-corrected chi connectivity index (χ0v) is 10.0. The van der Waals surface area contributed by atoms with E-state index in [2.05, 4.69) is 15.9 Å². The number of carbonyl (C=O) groups is 1. The van der Waals surface area contributed by atoms with Crippen LogP contribution in [0.5, 0.6) is 0 Å². The fourth-order valence-corrected chi connectivity index (χ4v) is 3.06. The second-order valence-corrected chi connectivity index (χ2v) is 5.73. The van der Waals surface area contributed by atoms with Gasteiger partial charge in [-0.25, -0.2) is 0 Å². The second-order valence-electron chi connectivity index (χ2n) is 3.22. The van der Waals surface area contributed by atoms with E-state index in [9.17, 15) is 4.79 Å². The summed E-state index contributed by atoms with van der Waals surface area (Å²) < 4.78 is 1.50. The van der Waals surface area contributed by atoms with Crippen LogP contribution >= 0.6 is 38.9 Å². The molecule has 0 aromatic carbocycles. The molecule has 0 radical (unpaired) electrons. The minimum Gasteiger partial charge on any atom is -0.293 e. The first-order valence-electron chi connectivity index (χ1n) is 4.17. The lowest BCUT2D eigenvalue weighted by Crippen LogP contribution is -2.20. The summed E-state index contributed by atoms with van der Waals surface area (Å²) in [5.41, 5.74) is 0. The Morgan fingerprint density at radius 1 is 1.62 bits per heavy atom. The highest BCUT2D eigenvalue weighted by molar-refractivity contribution is 9.10. The highest BCUT2D eigenvalue weighted by atomic mass is 79.9. The van der Waals surface area contributed by atoms with Crippen molar-refractivity contribution in [3.8, 4) is 0 Å². The topological polar surface area (TPSA) is 17.1 Å². The van der Waals surface area contributed by atoms with Crippen molar-refractivity contribution in [2.75, 3.05) is 0 Å². The molecule has 1 saturated carbocycles. The number of hydrogen-bond acceptors (Lipinski definition) is 2. The summed E-state index contributed by atoms with van der Waals surface area (Å²) in [6, 6.07) is 1.83. The molecular formula is C9H8BrClOS. The molecular weight excluding hydrogens is 272 g/mol. The van der Waals surface area contributed by atoms with Gasteiger partial charge in [0.05, 0.1) is 4.88 Å². The molecule has 1 nitrogen and oxygen atoms in total. The van der Waals surface area contributed by atoms with Crippen molar-refractivity contribution in [3.05, 3.63) is 19.8 Å². The highest BCUT2D eigenvalue weighted by Crippen LogP contribution is 2.36. The molecule has 1 fully saturated rings. The molecule has 0 atom stereocenters. The molecule has 0 amide bonds. The minimum atomic E-state index is 0.265. The van der Waals surface area contributed by atoms with Crippen LogP contribution in [0.3, 0.4) is 0 Å². The average Bonchev–Trinajstić information content (AvgIpc) is 2.28. The van der Waals surface area contributed by atoms with Gasteiger partial charge in [-0.3, -0.25) is 4.79 Å². The maximum atomic E-state index is 11.7. The van der Waals surface area contributed by atoms with Crippen molar-refractivity contribution in [3.63, 3.8) is 0 Å². The Hall–Kier alpha value is 0.140. The summed E-state index contributed by atoms with van der Waals surface area (Å²) in [7, 11) is 0. The SMILES string of the molecule is O=C(c1cc(Br)c(Cl)s1)C1CCC1. The van der Waals surface area contributed by atoms with Gasteiger partial charge in [0.25, 0.3) is 0 Å². The smallest absolute Gasteiger partial charge is 0.175 e. The van der Waals surface area contributed by atoms with Crippen LogP contribution in [-0.4, -0.2) is 5.78 Å². The number of rotatable bonds is 2. The third kappa shape index (κ3) is 1.83. The molecule has 4 heteroatoms. The predicted molar refractivity (Wildman–Crippen MR) is 58.7 cm³/mol. The van der Waals surface area contributed by atoms with E-state index in [1.165, 1.54) is 17.8 Å². The molecule has 70 valence electrons. The quantitative estimate of drug-likeness (QED) is 0.743. The monoisotopic (exact) mass is 278 g/mol. The predicted octanol–water partition coefficient (Wildman–Crippen LogP) is 4.15. The molecule has 1 aromatic heterocycles. The van der Waals surface area contributed by atoms with E-state index in [4.69, 9.17) is 11.6 Å². The van der Waals surface area contributed by atoms with Gasteiger partial charge in [0.2, 0.25) is 0 Å². The average molecular weight is 280 g/mol. The van der Waals surface area contributed by atoms with Gasteiger partial charge >= 0.3 is 0 Å². The van der Waals surface area contributed by atoms with Crippen molar-refractivity contribution in [1.29, 1.82) is 0 Å². The van der Waals surface area contributed by atoms with Gasteiger partial charge in [0.1, 0.15) is 4.34 Å². The molecule has 13 heavy (non-hydrogen) atoms. The summed E-state index contributed by atoms with van der Waals surface area (Å²) in [6.45, 7) is 0. The molecule has 1 aromatic rings. The van der Waals surface area contributed by atoms with Crippen molar-refractivity contribution >= 4 is 44.7 Å². The van der Waals surface area contributed by atoms with E-state index in [0.29, 0.717) is 4.34 Å². The molecule has 0 unspecified atom stereocenters. The molecule has 0 bridgehead atoms. The van der Waals surface area contributed by atoms with Crippen molar-refractivity contribution in [1.82, 2.24) is 0 Å². The van der Waals surface area contributed by atoms with Crippen LogP contribution in [0.2, 0.25) is 4.34 Å². The van der Waals surface area contributed by atoms with Crippen molar-refractivity contribution in [2.24, 2.45) is 5.92 Å². The zero-order chi connectivity index (χ0) is 9.42. The Balaban J connectivity index is 2.19. The Bertz CT molecular complexity index is 324. The lowest BCUT2D eigenvalue weighted by Gasteiger charge is -2.22. The Morgan fingerprint density at radius 2 is 2.31 bits per heavy atom. The van der Waals surface area contributed by atoms with E-state index >= 15 is 0 Å². The maximum Gasteiger partial charge on any atom is 0.175 e. The van der Waals surface area contributed by atoms with Crippen LogP contribution in [0.25, 0.3) is 0 Å². The van der Waals surface area contributed by atoms with Crippen LogP contribution in [0.4, 0.5) is 0 Å². The van der Waals surface area contributed by atoms with Gasteiger partial charge in [0.15, 0.2) is 5.78 Å². The lowest BCUT2D eigenvalue weighted by molar-refractivity contribution is 0.0859. The normalized spacial score (nSPS) is 17.1. The number of ketones is 1. The first kappa shape index (κ1) is 9.69. The Morgan fingerprint density at radius 3 is 2.69 bits per heavy atom. The van der Waals surface area contributed by atoms with Gasteiger partial charge < -0.3 is 0 Å². The van der Waals surface area contributed by atoms with Gasteiger partial charge in [0, 0.05) is 10.4 Å². The zero-order valence-electron chi connectivity index (χ0n) is 6.85. The van der Waals surface area contributed by atoms with E-state index in [-0.39, 0.29) is 11.7 Å². The Kier molecular flexibility index (Phi) is 2.77. The summed E-state index contributed by atoms with van der Waals surface area (Å²) >= 11 is 10.5. The summed E-state index contributed by atoms with van der Waals surface area (Å²) in [6.07, 6.45) is 3.29. The van der Waals surface area contributed by atoms with E-state index in [0.717, 1.165) is 22.2 Å². The minimum absolute atomic E-state index is 0.265. The number of Topliss-reactive ketones (excluding diaryl/α,β-unsaturated/α-hetero) is 1. The molecule has 2 rings (SSSR count). The molecule has 0 spiro atoms. The van der Waals surface area contributed by atoms with Crippen molar-refractivity contribution in [2.45, 2.75) is 19.3 Å². The van der Waals surface area contributed by atoms with Crippen LogP contribution in [0.15, 0.2) is 10.5 Å². The number of carbonyl (C=O) groups excluding carboxylic acids is 1. The summed E-state index contributed by atoms with van der Waals surface area (Å²) in [4.78, 5) is 12.5. The molecule has 0 aliphatic heterocycles. The van der Waals surface area contributed by atoms with E-state index < -0.39 is 0 Å².